The number of hydrogen-bond donors (Lipinski definition) is 1. The average molecular weight is 484 g/mol. The molecule has 0 aliphatic heterocycles. The Morgan fingerprint density at radius 1 is 0.972 bits per heavy atom. The molecule has 0 aliphatic carbocycles. The highest BCUT2D eigenvalue weighted by Crippen LogP contribution is 2.33. The number of hydrogen-bond acceptors (Lipinski definition) is 1. The smallest absolute Gasteiger partial charge is 0.0576 e. The van der Waals surface area contributed by atoms with E-state index in [0.29, 0.717) is 0 Å². The molecule has 1 unspecified atom stereocenters. The maximum atomic E-state index is 5.60. The molecular weight excluding hydrogens is 434 g/mol. The van der Waals surface area contributed by atoms with Crippen LogP contribution in [-0.4, -0.2) is 6.04 Å². The molecule has 0 aliphatic rings. The van der Waals surface area contributed by atoms with Gasteiger partial charge in [0.15, 0.2) is 0 Å². The second-order valence-corrected chi connectivity index (χ2v) is 9.73. The molecule has 1 heteroatoms. The molecule has 1 nitrogen and oxygen atoms in total. The Bertz CT molecular complexity index is 1070. The van der Waals surface area contributed by atoms with Crippen LogP contribution < -0.4 is 5.32 Å². The zero-order valence-corrected chi connectivity index (χ0v) is 24.5. The van der Waals surface area contributed by atoms with E-state index in [-0.39, 0.29) is 12.0 Å². The lowest BCUT2D eigenvalue weighted by atomic mass is 9.81. The third kappa shape index (κ3) is 11.5. The molecule has 2 aromatic carbocycles. The Morgan fingerprint density at radius 2 is 1.56 bits per heavy atom. The van der Waals surface area contributed by atoms with Gasteiger partial charge in [0.25, 0.3) is 0 Å². The van der Waals surface area contributed by atoms with E-state index < -0.39 is 0 Å². The van der Waals surface area contributed by atoms with Crippen LogP contribution in [0.3, 0.4) is 0 Å². The maximum absolute atomic E-state index is 5.60. The van der Waals surface area contributed by atoms with E-state index in [1.54, 1.807) is 0 Å². The molecule has 2 atom stereocenters. The molecular formula is C35H49N. The van der Waals surface area contributed by atoms with Crippen molar-refractivity contribution < 1.29 is 0 Å². The third-order valence-electron chi connectivity index (χ3n) is 5.21. The second kappa shape index (κ2) is 17.2. The third-order valence-corrected chi connectivity index (χ3v) is 5.21. The summed E-state index contributed by atoms with van der Waals surface area (Å²) in [5, 5.41) is 3.60. The van der Waals surface area contributed by atoms with Crippen molar-refractivity contribution in [3.8, 4) is 12.3 Å². The van der Waals surface area contributed by atoms with Crippen LogP contribution in [0.25, 0.3) is 5.57 Å². The van der Waals surface area contributed by atoms with E-state index in [1.807, 2.05) is 32.9 Å². The van der Waals surface area contributed by atoms with Gasteiger partial charge in [0.2, 0.25) is 0 Å². The van der Waals surface area contributed by atoms with Crippen molar-refractivity contribution in [3.63, 3.8) is 0 Å². The van der Waals surface area contributed by atoms with Gasteiger partial charge in [0.05, 0.1) is 6.04 Å². The van der Waals surface area contributed by atoms with Crippen molar-refractivity contribution in [3.05, 3.63) is 113 Å². The normalized spacial score (nSPS) is 12.7. The van der Waals surface area contributed by atoms with Crippen LogP contribution in [0.15, 0.2) is 90.7 Å². The molecule has 0 amide bonds. The highest BCUT2D eigenvalue weighted by Gasteiger charge is 2.25. The van der Waals surface area contributed by atoms with Crippen LogP contribution in [-0.2, 0) is 0 Å². The molecule has 0 heterocycles. The summed E-state index contributed by atoms with van der Waals surface area (Å²) in [5.41, 5.74) is 8.90. The number of terminal acetylenes is 1. The first-order chi connectivity index (χ1) is 17.0. The lowest BCUT2D eigenvalue weighted by Crippen LogP contribution is -2.35. The summed E-state index contributed by atoms with van der Waals surface area (Å²) in [6, 6.07) is 16.8. The predicted octanol–water partition coefficient (Wildman–Crippen LogP) is 9.87. The zero-order valence-electron chi connectivity index (χ0n) is 24.5. The molecule has 0 fully saturated rings. The summed E-state index contributed by atoms with van der Waals surface area (Å²) < 4.78 is 0. The van der Waals surface area contributed by atoms with Crippen molar-refractivity contribution in [1.82, 2.24) is 5.32 Å². The molecule has 2 rings (SSSR count). The van der Waals surface area contributed by atoms with Gasteiger partial charge in [-0.15, -0.1) is 6.42 Å². The molecule has 1 N–H and O–H groups in total. The zero-order chi connectivity index (χ0) is 27.8. The lowest BCUT2D eigenvalue weighted by Gasteiger charge is -2.31. The van der Waals surface area contributed by atoms with Crippen LogP contribution in [0.5, 0.6) is 0 Å². The summed E-state index contributed by atoms with van der Waals surface area (Å²) in [4.78, 5) is 0. The van der Waals surface area contributed by atoms with Gasteiger partial charge in [-0.2, -0.15) is 0 Å². The Hall–Kier alpha value is -3.24. The van der Waals surface area contributed by atoms with E-state index >= 15 is 0 Å². The molecule has 194 valence electrons. The first-order valence-electron chi connectivity index (χ1n) is 13.1. The van der Waals surface area contributed by atoms with Gasteiger partial charge >= 0.3 is 0 Å². The van der Waals surface area contributed by atoms with Crippen LogP contribution in [0, 0.1) is 25.2 Å². The largest absolute Gasteiger partial charge is 0.382 e. The predicted molar refractivity (Wildman–Crippen MR) is 164 cm³/mol. The highest BCUT2D eigenvalue weighted by molar-refractivity contribution is 5.75. The molecule has 0 aromatic heterocycles. The molecule has 0 radical (unpaired) electrons. The van der Waals surface area contributed by atoms with Crippen molar-refractivity contribution in [2.24, 2.45) is 5.92 Å². The van der Waals surface area contributed by atoms with Crippen molar-refractivity contribution in [1.29, 1.82) is 0 Å². The van der Waals surface area contributed by atoms with Crippen molar-refractivity contribution >= 4 is 5.57 Å². The van der Waals surface area contributed by atoms with Crippen molar-refractivity contribution in [2.45, 2.75) is 81.2 Å². The van der Waals surface area contributed by atoms with E-state index in [0.717, 1.165) is 33.9 Å². The summed E-state index contributed by atoms with van der Waals surface area (Å²) >= 11 is 0. The van der Waals surface area contributed by atoms with Gasteiger partial charge in [0.1, 0.15) is 0 Å². The minimum atomic E-state index is 0.0487. The minimum absolute atomic E-state index is 0.0487. The number of aryl methyl sites for hydroxylation is 1. The molecule has 0 saturated heterocycles. The minimum Gasteiger partial charge on any atom is -0.382 e. The fourth-order valence-electron chi connectivity index (χ4n) is 3.81. The number of rotatable bonds is 8. The van der Waals surface area contributed by atoms with Gasteiger partial charge in [-0.05, 0) is 74.9 Å². The van der Waals surface area contributed by atoms with Crippen LogP contribution in [0.4, 0.5) is 0 Å². The maximum Gasteiger partial charge on any atom is 0.0576 e. The second-order valence-electron chi connectivity index (χ2n) is 9.73. The fraction of sp³-hybridized carbons (Fsp3) is 0.371. The molecule has 36 heavy (non-hydrogen) atoms. The topological polar surface area (TPSA) is 12.0 Å². The molecule has 0 spiro atoms. The Morgan fingerprint density at radius 3 is 2.03 bits per heavy atom. The van der Waals surface area contributed by atoms with Gasteiger partial charge in [-0.25, -0.2) is 0 Å². The monoisotopic (exact) mass is 483 g/mol. The molecule has 0 bridgehead atoms. The lowest BCUT2D eigenvalue weighted by molar-refractivity contribution is 0.566. The fourth-order valence-corrected chi connectivity index (χ4v) is 3.81. The Kier molecular flexibility index (Phi) is 15.7. The Labute approximate surface area is 223 Å². The van der Waals surface area contributed by atoms with Crippen LogP contribution in [0.1, 0.15) is 90.5 Å². The van der Waals surface area contributed by atoms with E-state index in [9.17, 15) is 0 Å². The average Bonchev–Trinajstić information content (AvgIpc) is 2.82. The van der Waals surface area contributed by atoms with Gasteiger partial charge in [-0.3, -0.25) is 0 Å². The van der Waals surface area contributed by atoms with Crippen molar-refractivity contribution in [2.75, 3.05) is 0 Å². The van der Waals surface area contributed by atoms with E-state index in [2.05, 4.69) is 121 Å². The Balaban J connectivity index is 0.00000185. The summed E-state index contributed by atoms with van der Waals surface area (Å²) in [6.45, 7) is 29.4. The highest BCUT2D eigenvalue weighted by atomic mass is 14.9. The first kappa shape index (κ1) is 32.8. The summed E-state index contributed by atoms with van der Waals surface area (Å²) in [6.07, 6.45) is 9.96. The van der Waals surface area contributed by atoms with E-state index in [1.165, 1.54) is 16.7 Å². The molecule has 0 saturated carbocycles. The number of nitrogens with one attached hydrogen (secondary N) is 1. The van der Waals surface area contributed by atoms with Gasteiger partial charge in [-0.1, -0.05) is 113 Å². The quantitative estimate of drug-likeness (QED) is 0.224. The van der Waals surface area contributed by atoms with Gasteiger partial charge < -0.3 is 5.32 Å². The van der Waals surface area contributed by atoms with Gasteiger partial charge in [0, 0.05) is 17.2 Å². The molecule has 2 aromatic rings. The number of benzene rings is 2. The van der Waals surface area contributed by atoms with Crippen LogP contribution in [0.2, 0.25) is 0 Å². The van der Waals surface area contributed by atoms with E-state index in [4.69, 9.17) is 6.42 Å². The summed E-state index contributed by atoms with van der Waals surface area (Å²) in [7, 11) is 0. The van der Waals surface area contributed by atoms with Crippen LogP contribution >= 0.6 is 0 Å². The first-order valence-corrected chi connectivity index (χ1v) is 13.1. The SMILES string of the molecule is C#Cc1cccc(C(=C/C)/C=C(\C)C(NC(=C)C)[C@H](C(=C)C)c2cccc(C)c2)c1.CC.CC(C)C. The summed E-state index contributed by atoms with van der Waals surface area (Å²) in [5.74, 6) is 3.69. The number of allylic oxidation sites excluding steroid dienone is 4. The standard InChI is InChI=1S/C29H33N.C4H10.C2H6/c1-9-24-14-12-15-26(19-24)25(10-2)18-23(8)29(30-21(5)6)28(20(3)4)27-16-11-13-22(7)17-27;1-4(2)3;1-2/h1,10-19,28-30H,3,5H2,2,4,6-8H3;4H,1-3H3;1-2H3/b23-18+,25-10+;;/t28-,29?;;/m1../s1.